The van der Waals surface area contributed by atoms with Crippen molar-refractivity contribution in [3.63, 3.8) is 0 Å². The Morgan fingerprint density at radius 2 is 1.62 bits per heavy atom. The highest BCUT2D eigenvalue weighted by molar-refractivity contribution is 7.87. The van der Waals surface area contributed by atoms with Gasteiger partial charge in [-0.3, -0.25) is 0 Å². The molecule has 0 aromatic heterocycles. The molecule has 0 amide bonds. The molecule has 0 bridgehead atoms. The standard InChI is InChI=1S/C15H35N3O2S/c1-13(2)16-10-9-11-18(8)21(19,20)17-15(6,7)12-14(3,4)5/h13,16-17H,9-12H2,1-8H3. The van der Waals surface area contributed by atoms with Crippen LogP contribution in [-0.4, -0.2) is 44.4 Å². The predicted octanol–water partition coefficient (Wildman–Crippen LogP) is 2.36. The van der Waals surface area contributed by atoms with Crippen molar-refractivity contribution in [1.29, 1.82) is 0 Å². The number of hydrogen-bond donors (Lipinski definition) is 2. The maximum Gasteiger partial charge on any atom is 0.279 e. The van der Waals surface area contributed by atoms with Crippen LogP contribution in [0.4, 0.5) is 0 Å². The number of nitrogens with zero attached hydrogens (tertiary/aromatic N) is 1. The first-order chi connectivity index (χ1) is 9.25. The van der Waals surface area contributed by atoms with Crippen molar-refractivity contribution in [3.8, 4) is 0 Å². The molecule has 5 nitrogen and oxygen atoms in total. The van der Waals surface area contributed by atoms with Crippen LogP contribution in [0.1, 0.15) is 61.3 Å². The van der Waals surface area contributed by atoms with Gasteiger partial charge in [0.25, 0.3) is 10.2 Å². The third kappa shape index (κ3) is 10.2. The normalized spacial score (nSPS) is 14.2. The first-order valence-electron chi connectivity index (χ1n) is 7.74. The van der Waals surface area contributed by atoms with Gasteiger partial charge in [-0.15, -0.1) is 0 Å². The van der Waals surface area contributed by atoms with E-state index in [-0.39, 0.29) is 5.41 Å². The van der Waals surface area contributed by atoms with Gasteiger partial charge >= 0.3 is 0 Å². The van der Waals surface area contributed by atoms with Crippen molar-refractivity contribution < 1.29 is 8.42 Å². The minimum atomic E-state index is -3.44. The molecule has 0 unspecified atom stereocenters. The molecule has 0 aliphatic carbocycles. The van der Waals surface area contributed by atoms with E-state index < -0.39 is 15.7 Å². The zero-order valence-corrected chi connectivity index (χ0v) is 15.9. The van der Waals surface area contributed by atoms with Crippen molar-refractivity contribution in [3.05, 3.63) is 0 Å². The average molecular weight is 322 g/mol. The topological polar surface area (TPSA) is 61.4 Å². The van der Waals surface area contributed by atoms with Gasteiger partial charge in [-0.1, -0.05) is 34.6 Å². The Morgan fingerprint density at radius 3 is 2.05 bits per heavy atom. The van der Waals surface area contributed by atoms with E-state index in [9.17, 15) is 8.42 Å². The fourth-order valence-corrected chi connectivity index (χ4v) is 3.90. The molecule has 6 heteroatoms. The van der Waals surface area contributed by atoms with Crippen LogP contribution in [0.2, 0.25) is 0 Å². The third-order valence-electron chi connectivity index (χ3n) is 2.99. The van der Waals surface area contributed by atoms with E-state index in [0.29, 0.717) is 12.6 Å². The van der Waals surface area contributed by atoms with E-state index in [0.717, 1.165) is 19.4 Å². The van der Waals surface area contributed by atoms with Crippen LogP contribution in [0.15, 0.2) is 0 Å². The van der Waals surface area contributed by atoms with Gasteiger partial charge in [-0.2, -0.15) is 17.4 Å². The van der Waals surface area contributed by atoms with Crippen LogP contribution in [0.5, 0.6) is 0 Å². The zero-order chi connectivity index (χ0) is 16.9. The van der Waals surface area contributed by atoms with Crippen LogP contribution in [-0.2, 0) is 10.2 Å². The van der Waals surface area contributed by atoms with Crippen molar-refractivity contribution in [1.82, 2.24) is 14.3 Å². The Morgan fingerprint density at radius 1 is 1.10 bits per heavy atom. The van der Waals surface area contributed by atoms with Crippen LogP contribution < -0.4 is 10.0 Å². The second-order valence-electron chi connectivity index (χ2n) is 8.01. The highest BCUT2D eigenvalue weighted by Crippen LogP contribution is 2.27. The summed E-state index contributed by atoms with van der Waals surface area (Å²) < 4.78 is 28.9. The molecular weight excluding hydrogens is 286 g/mol. The molecule has 0 aromatic rings. The minimum absolute atomic E-state index is 0.0752. The fourth-order valence-electron chi connectivity index (χ4n) is 2.60. The lowest BCUT2D eigenvalue weighted by Crippen LogP contribution is -2.51. The van der Waals surface area contributed by atoms with Crippen molar-refractivity contribution >= 4 is 10.2 Å². The maximum absolute atomic E-state index is 12.4. The Balaban J connectivity index is 4.46. The van der Waals surface area contributed by atoms with E-state index in [1.807, 2.05) is 13.8 Å². The Labute approximate surface area is 132 Å². The second-order valence-corrected chi connectivity index (χ2v) is 9.79. The van der Waals surface area contributed by atoms with Gasteiger partial charge in [-0.05, 0) is 38.6 Å². The molecule has 0 atom stereocenters. The lowest BCUT2D eigenvalue weighted by molar-refractivity contribution is 0.265. The quantitative estimate of drug-likeness (QED) is 0.641. The molecule has 0 rings (SSSR count). The summed E-state index contributed by atoms with van der Waals surface area (Å²) >= 11 is 0. The van der Waals surface area contributed by atoms with E-state index in [2.05, 4.69) is 44.7 Å². The monoisotopic (exact) mass is 321 g/mol. The summed E-state index contributed by atoms with van der Waals surface area (Å²) in [6.07, 6.45) is 1.58. The lowest BCUT2D eigenvalue weighted by Gasteiger charge is -2.34. The Kier molecular flexibility index (Phi) is 7.84. The second kappa shape index (κ2) is 7.90. The minimum Gasteiger partial charge on any atom is -0.314 e. The number of rotatable bonds is 9. The number of nitrogens with one attached hydrogen (secondary N) is 2. The summed E-state index contributed by atoms with van der Waals surface area (Å²) in [7, 11) is -1.81. The molecule has 128 valence electrons. The van der Waals surface area contributed by atoms with Gasteiger partial charge in [-0.25, -0.2) is 0 Å². The molecule has 0 fully saturated rings. The third-order valence-corrected chi connectivity index (χ3v) is 4.80. The largest absolute Gasteiger partial charge is 0.314 e. The summed E-state index contributed by atoms with van der Waals surface area (Å²) in [5, 5.41) is 3.29. The van der Waals surface area contributed by atoms with E-state index in [1.54, 1.807) is 7.05 Å². The molecule has 0 radical (unpaired) electrons. The van der Waals surface area contributed by atoms with Gasteiger partial charge in [0.2, 0.25) is 0 Å². The molecule has 0 spiro atoms. The van der Waals surface area contributed by atoms with Crippen LogP contribution in [0.3, 0.4) is 0 Å². The highest BCUT2D eigenvalue weighted by atomic mass is 32.2. The molecule has 0 saturated carbocycles. The van der Waals surface area contributed by atoms with E-state index in [4.69, 9.17) is 0 Å². The lowest BCUT2D eigenvalue weighted by atomic mass is 9.82. The van der Waals surface area contributed by atoms with Gasteiger partial charge in [0, 0.05) is 25.2 Å². The fraction of sp³-hybridized carbons (Fsp3) is 1.00. The number of hydrogen-bond acceptors (Lipinski definition) is 3. The predicted molar refractivity (Wildman–Crippen MR) is 90.6 cm³/mol. The zero-order valence-electron chi connectivity index (χ0n) is 15.1. The van der Waals surface area contributed by atoms with Gasteiger partial charge < -0.3 is 5.32 Å². The van der Waals surface area contributed by atoms with Crippen LogP contribution >= 0.6 is 0 Å². The van der Waals surface area contributed by atoms with Crippen molar-refractivity contribution in [2.45, 2.75) is 72.9 Å². The molecular formula is C15H35N3O2S. The van der Waals surface area contributed by atoms with Crippen molar-refractivity contribution in [2.24, 2.45) is 5.41 Å². The summed E-state index contributed by atoms with van der Waals surface area (Å²) in [4.78, 5) is 0. The summed E-state index contributed by atoms with van der Waals surface area (Å²) in [6.45, 7) is 15.7. The first-order valence-corrected chi connectivity index (χ1v) is 9.18. The molecule has 21 heavy (non-hydrogen) atoms. The van der Waals surface area contributed by atoms with E-state index in [1.165, 1.54) is 4.31 Å². The molecule has 0 aliphatic heterocycles. The first kappa shape index (κ1) is 20.8. The van der Waals surface area contributed by atoms with Gasteiger partial charge in [0.15, 0.2) is 0 Å². The highest BCUT2D eigenvalue weighted by Gasteiger charge is 2.31. The smallest absolute Gasteiger partial charge is 0.279 e. The Bertz CT molecular complexity index is 398. The van der Waals surface area contributed by atoms with Crippen molar-refractivity contribution in [2.75, 3.05) is 20.1 Å². The maximum atomic E-state index is 12.4. The molecule has 0 saturated heterocycles. The molecule has 0 aromatic carbocycles. The average Bonchev–Trinajstić information content (AvgIpc) is 2.18. The van der Waals surface area contributed by atoms with Gasteiger partial charge in [0.05, 0.1) is 0 Å². The Hall–Kier alpha value is -0.170. The SMILES string of the molecule is CC(C)NCCCN(C)S(=O)(=O)NC(C)(C)CC(C)(C)C. The molecule has 0 heterocycles. The summed E-state index contributed by atoms with van der Waals surface area (Å²) in [5.41, 5.74) is -0.382. The summed E-state index contributed by atoms with van der Waals surface area (Å²) in [5.74, 6) is 0. The summed E-state index contributed by atoms with van der Waals surface area (Å²) in [6, 6.07) is 0.427. The van der Waals surface area contributed by atoms with E-state index >= 15 is 0 Å². The molecule has 0 aliphatic rings. The van der Waals surface area contributed by atoms with Crippen LogP contribution in [0.25, 0.3) is 0 Å². The van der Waals surface area contributed by atoms with Gasteiger partial charge in [0.1, 0.15) is 0 Å². The van der Waals surface area contributed by atoms with Crippen LogP contribution in [0, 0.1) is 5.41 Å². The molecule has 2 N–H and O–H groups in total.